The van der Waals surface area contributed by atoms with Crippen LogP contribution in [0.5, 0.6) is 0 Å². The van der Waals surface area contributed by atoms with Crippen molar-refractivity contribution in [3.63, 3.8) is 0 Å². The number of ether oxygens (including phenoxy) is 2. The van der Waals surface area contributed by atoms with Crippen molar-refractivity contribution in [2.75, 3.05) is 0 Å². The minimum atomic E-state index is -0.955. The van der Waals surface area contributed by atoms with Crippen molar-refractivity contribution in [3.8, 4) is 11.1 Å². The average molecular weight is 527 g/mol. The molecule has 3 aromatic rings. The van der Waals surface area contributed by atoms with Crippen molar-refractivity contribution < 1.29 is 23.5 Å². The van der Waals surface area contributed by atoms with Crippen LogP contribution in [0.4, 0.5) is 9.18 Å². The van der Waals surface area contributed by atoms with Crippen LogP contribution in [0.25, 0.3) is 11.1 Å². The smallest absolute Gasteiger partial charge is 0.407 e. The van der Waals surface area contributed by atoms with Gasteiger partial charge in [-0.25, -0.2) is 9.18 Å². The second kappa shape index (κ2) is 12.7. The molecule has 2 atom stereocenters. The van der Waals surface area contributed by atoms with Crippen molar-refractivity contribution in [1.82, 2.24) is 5.32 Å². The monoisotopic (exact) mass is 526 g/mol. The first kappa shape index (κ1) is 28.2. The van der Waals surface area contributed by atoms with Gasteiger partial charge in [-0.1, -0.05) is 66.2 Å². The summed E-state index contributed by atoms with van der Waals surface area (Å²) in [6.07, 6.45) is -0.102. The summed E-state index contributed by atoms with van der Waals surface area (Å²) in [5, 5.41) is 3.26. The molecule has 0 radical (unpaired) electrons. The molecular weight excluding hydrogens is 495 g/mol. The van der Waals surface area contributed by atoms with Crippen LogP contribution in [0.2, 0.25) is 5.02 Å². The quantitative estimate of drug-likeness (QED) is 0.332. The minimum absolute atomic E-state index is 0.110. The van der Waals surface area contributed by atoms with Gasteiger partial charge in [-0.2, -0.15) is 0 Å². The fourth-order valence-electron chi connectivity index (χ4n) is 3.73. The largest absolute Gasteiger partial charge is 0.460 e. The molecule has 0 fully saturated rings. The van der Waals surface area contributed by atoms with Gasteiger partial charge in [-0.3, -0.25) is 4.79 Å². The van der Waals surface area contributed by atoms with Crippen LogP contribution >= 0.6 is 11.6 Å². The molecule has 0 aliphatic heterocycles. The van der Waals surface area contributed by atoms with E-state index in [1.54, 1.807) is 39.0 Å². The maximum atomic E-state index is 14.3. The van der Waals surface area contributed by atoms with E-state index >= 15 is 0 Å². The Bertz CT molecular complexity index is 1200. The van der Waals surface area contributed by atoms with Crippen molar-refractivity contribution in [2.24, 2.45) is 5.73 Å². The Kier molecular flexibility index (Phi) is 9.66. The minimum Gasteiger partial charge on any atom is -0.460 e. The van der Waals surface area contributed by atoms with E-state index in [1.165, 1.54) is 12.1 Å². The van der Waals surface area contributed by atoms with Crippen molar-refractivity contribution in [1.29, 1.82) is 0 Å². The second-order valence-electron chi connectivity index (χ2n) is 9.80. The number of nitrogens with two attached hydrogens (primary N) is 1. The molecule has 0 saturated heterocycles. The summed E-state index contributed by atoms with van der Waals surface area (Å²) >= 11 is 6.02. The normalized spacial score (nSPS) is 12.9. The molecule has 8 heteroatoms. The van der Waals surface area contributed by atoms with E-state index in [0.29, 0.717) is 22.6 Å². The van der Waals surface area contributed by atoms with Gasteiger partial charge in [0.1, 0.15) is 24.1 Å². The van der Waals surface area contributed by atoms with Gasteiger partial charge in [-0.15, -0.1) is 0 Å². The van der Waals surface area contributed by atoms with E-state index in [2.05, 4.69) is 5.32 Å². The summed E-state index contributed by atoms with van der Waals surface area (Å²) in [5.74, 6) is -0.937. The fourth-order valence-corrected chi connectivity index (χ4v) is 3.90. The molecule has 6 nitrogen and oxygen atoms in total. The van der Waals surface area contributed by atoms with Gasteiger partial charge in [0.15, 0.2) is 0 Å². The molecule has 3 aromatic carbocycles. The third-order valence-corrected chi connectivity index (χ3v) is 5.70. The number of nitrogens with one attached hydrogen (secondary N) is 1. The zero-order valence-corrected chi connectivity index (χ0v) is 21.9. The predicted octanol–water partition coefficient (Wildman–Crippen LogP) is 6.04. The highest BCUT2D eigenvalue weighted by Crippen LogP contribution is 2.26. The standard InChI is InChI=1S/C29H32ClFN2O4/c1-29(2,3)37-28(35)33-23(17-26(32)27(34)36-18-20-7-5-4-6-8-20)15-19-9-11-21(12-10-19)24-16-22(30)13-14-25(24)31/h4-14,16,23,26H,15,17-18,32H2,1-3H3,(H,33,35)/t23-,26-/m1/s1. The topological polar surface area (TPSA) is 90.6 Å². The summed E-state index contributed by atoms with van der Waals surface area (Å²) in [7, 11) is 0. The maximum absolute atomic E-state index is 14.3. The Hall–Kier alpha value is -3.42. The molecule has 3 rings (SSSR count). The molecule has 0 heterocycles. The number of amides is 1. The first-order valence-corrected chi connectivity index (χ1v) is 12.4. The van der Waals surface area contributed by atoms with E-state index in [0.717, 1.165) is 11.1 Å². The molecule has 37 heavy (non-hydrogen) atoms. The average Bonchev–Trinajstić information content (AvgIpc) is 2.84. The summed E-state index contributed by atoms with van der Waals surface area (Å²) in [4.78, 5) is 25.0. The second-order valence-corrected chi connectivity index (χ2v) is 10.2. The number of hydrogen-bond acceptors (Lipinski definition) is 5. The van der Waals surface area contributed by atoms with Crippen LogP contribution in [-0.2, 0) is 27.3 Å². The Balaban J connectivity index is 1.69. The van der Waals surface area contributed by atoms with Gasteiger partial charge >= 0.3 is 12.1 Å². The number of alkyl carbamates (subject to hydrolysis) is 1. The van der Waals surface area contributed by atoms with Crippen LogP contribution in [0.15, 0.2) is 72.8 Å². The van der Waals surface area contributed by atoms with Crippen molar-refractivity contribution >= 4 is 23.7 Å². The number of hydrogen-bond donors (Lipinski definition) is 2. The number of carbonyl (C=O) groups excluding carboxylic acids is 2. The van der Waals surface area contributed by atoms with Gasteiger partial charge in [0, 0.05) is 16.6 Å². The van der Waals surface area contributed by atoms with E-state index in [-0.39, 0.29) is 18.8 Å². The summed E-state index contributed by atoms with van der Waals surface area (Å²) < 4.78 is 25.0. The zero-order chi connectivity index (χ0) is 27.0. The molecule has 0 aliphatic carbocycles. The number of halogens is 2. The fraction of sp³-hybridized carbons (Fsp3) is 0.310. The lowest BCUT2D eigenvalue weighted by Gasteiger charge is -2.25. The number of benzene rings is 3. The van der Waals surface area contributed by atoms with Crippen LogP contribution < -0.4 is 11.1 Å². The lowest BCUT2D eigenvalue weighted by Crippen LogP contribution is -2.45. The van der Waals surface area contributed by atoms with E-state index in [1.807, 2.05) is 42.5 Å². The highest BCUT2D eigenvalue weighted by atomic mass is 35.5. The maximum Gasteiger partial charge on any atom is 0.407 e. The number of esters is 1. The molecule has 0 spiro atoms. The molecule has 0 bridgehead atoms. The van der Waals surface area contributed by atoms with Crippen LogP contribution in [0.1, 0.15) is 38.3 Å². The van der Waals surface area contributed by atoms with E-state index in [9.17, 15) is 14.0 Å². The summed E-state index contributed by atoms with van der Waals surface area (Å²) in [5.41, 5.74) is 8.23. The van der Waals surface area contributed by atoms with Crippen molar-refractivity contribution in [2.45, 2.75) is 57.9 Å². The Morgan fingerprint density at radius 3 is 2.32 bits per heavy atom. The lowest BCUT2D eigenvalue weighted by atomic mass is 9.97. The molecule has 0 unspecified atom stereocenters. The molecule has 0 aromatic heterocycles. The number of rotatable bonds is 9. The van der Waals surface area contributed by atoms with E-state index in [4.69, 9.17) is 26.8 Å². The van der Waals surface area contributed by atoms with Crippen LogP contribution in [0.3, 0.4) is 0 Å². The SMILES string of the molecule is CC(C)(C)OC(=O)N[C@H](Cc1ccc(-c2cc(Cl)ccc2F)cc1)C[C@@H](N)C(=O)OCc1ccccc1. The van der Waals surface area contributed by atoms with Gasteiger partial charge in [0.25, 0.3) is 0 Å². The first-order chi connectivity index (χ1) is 17.5. The third kappa shape index (κ3) is 9.19. The first-order valence-electron chi connectivity index (χ1n) is 12.0. The highest BCUT2D eigenvalue weighted by molar-refractivity contribution is 6.30. The highest BCUT2D eigenvalue weighted by Gasteiger charge is 2.25. The Morgan fingerprint density at radius 1 is 1.00 bits per heavy atom. The van der Waals surface area contributed by atoms with Gasteiger partial charge < -0.3 is 20.5 Å². The van der Waals surface area contributed by atoms with Gasteiger partial charge in [0.05, 0.1) is 0 Å². The Morgan fingerprint density at radius 2 is 1.68 bits per heavy atom. The third-order valence-electron chi connectivity index (χ3n) is 5.46. The lowest BCUT2D eigenvalue weighted by molar-refractivity contribution is -0.146. The van der Waals surface area contributed by atoms with E-state index < -0.39 is 29.7 Å². The van der Waals surface area contributed by atoms with Crippen molar-refractivity contribution in [3.05, 3.63) is 94.8 Å². The number of carbonyl (C=O) groups is 2. The summed E-state index contributed by atoms with van der Waals surface area (Å²) in [6.45, 7) is 5.41. The molecular formula is C29H32ClFN2O4. The molecule has 196 valence electrons. The summed E-state index contributed by atoms with van der Waals surface area (Å²) in [6, 6.07) is 19.4. The Labute approximate surface area is 221 Å². The van der Waals surface area contributed by atoms with Gasteiger partial charge in [0.2, 0.25) is 0 Å². The molecule has 0 aliphatic rings. The zero-order valence-electron chi connectivity index (χ0n) is 21.2. The van der Waals surface area contributed by atoms with Crippen LogP contribution in [-0.4, -0.2) is 29.7 Å². The molecule has 1 amide bonds. The molecule has 0 saturated carbocycles. The molecule has 3 N–H and O–H groups in total. The van der Waals surface area contributed by atoms with Crippen LogP contribution in [0, 0.1) is 5.82 Å². The van der Waals surface area contributed by atoms with Gasteiger partial charge in [-0.05, 0) is 68.5 Å². The predicted molar refractivity (Wildman–Crippen MR) is 143 cm³/mol.